The molecular formula is C22H20BrF6NO5. The molecule has 0 aliphatic carbocycles. The van der Waals surface area contributed by atoms with Crippen LogP contribution in [0, 0.1) is 0 Å². The molecule has 0 radical (unpaired) electrons. The van der Waals surface area contributed by atoms with Crippen LogP contribution < -0.4 is 5.32 Å². The molecule has 0 fully saturated rings. The number of halogens is 7. The summed E-state index contributed by atoms with van der Waals surface area (Å²) in [5.74, 6) is -1.95. The highest BCUT2D eigenvalue weighted by atomic mass is 79.9. The van der Waals surface area contributed by atoms with Crippen LogP contribution >= 0.6 is 15.9 Å². The molecule has 0 heterocycles. The lowest BCUT2D eigenvalue weighted by Gasteiger charge is -2.12. The summed E-state index contributed by atoms with van der Waals surface area (Å²) < 4.78 is 78.3. The molecule has 0 bridgehead atoms. The van der Waals surface area contributed by atoms with Crippen LogP contribution in [0.25, 0.3) is 0 Å². The molecule has 6 nitrogen and oxygen atoms in total. The fourth-order valence-corrected chi connectivity index (χ4v) is 2.85. The second-order valence-corrected chi connectivity index (χ2v) is 7.81. The number of carboxylic acids is 1. The summed E-state index contributed by atoms with van der Waals surface area (Å²) in [4.78, 5) is 31.6. The number of aliphatic carboxylic acids is 1. The zero-order valence-corrected chi connectivity index (χ0v) is 19.6. The Hall–Kier alpha value is -3.09. The zero-order chi connectivity index (χ0) is 26.8. The van der Waals surface area contributed by atoms with E-state index in [2.05, 4.69) is 21.2 Å². The largest absolute Gasteiger partial charge is 0.481 e. The van der Waals surface area contributed by atoms with Crippen molar-refractivity contribution in [3.63, 3.8) is 0 Å². The van der Waals surface area contributed by atoms with Gasteiger partial charge >= 0.3 is 24.3 Å². The first-order chi connectivity index (χ1) is 16.1. The van der Waals surface area contributed by atoms with Gasteiger partial charge in [-0.25, -0.2) is 0 Å². The predicted octanol–water partition coefficient (Wildman–Crippen LogP) is 5.15. The van der Waals surface area contributed by atoms with E-state index in [4.69, 9.17) is 9.84 Å². The van der Waals surface area contributed by atoms with Crippen LogP contribution in [0.1, 0.15) is 34.0 Å². The predicted molar refractivity (Wildman–Crippen MR) is 116 cm³/mol. The lowest BCUT2D eigenvalue weighted by Crippen LogP contribution is -2.26. The van der Waals surface area contributed by atoms with E-state index in [-0.39, 0.29) is 25.5 Å². The molecule has 192 valence electrons. The number of amides is 1. The number of hydrogen-bond acceptors (Lipinski definition) is 4. The smallest absolute Gasteiger partial charge is 0.416 e. The van der Waals surface area contributed by atoms with Gasteiger partial charge in [0.2, 0.25) is 5.91 Å². The number of hydrogen-bond donors (Lipinski definition) is 2. The van der Waals surface area contributed by atoms with E-state index in [0.717, 1.165) is 36.4 Å². The normalized spacial score (nSPS) is 12.1. The molecule has 2 rings (SSSR count). The molecule has 0 aromatic heterocycles. The van der Waals surface area contributed by atoms with Crippen molar-refractivity contribution in [3.05, 3.63) is 70.8 Å². The van der Waals surface area contributed by atoms with E-state index in [9.17, 15) is 40.7 Å². The highest BCUT2D eigenvalue weighted by Crippen LogP contribution is 2.32. The maximum Gasteiger partial charge on any atom is 0.416 e. The Labute approximate surface area is 204 Å². The summed E-state index contributed by atoms with van der Waals surface area (Å²) in [5.41, 5.74) is -0.852. The minimum Gasteiger partial charge on any atom is -0.481 e. The lowest BCUT2D eigenvalue weighted by atomic mass is 10.1. The van der Waals surface area contributed by atoms with Crippen LogP contribution in [0.15, 0.2) is 48.5 Å². The van der Waals surface area contributed by atoms with Crippen molar-refractivity contribution in [1.29, 1.82) is 0 Å². The van der Waals surface area contributed by atoms with E-state index in [1.807, 2.05) is 0 Å². The van der Waals surface area contributed by atoms with E-state index < -0.39 is 40.2 Å². The number of alkyl halides is 7. The van der Waals surface area contributed by atoms with Gasteiger partial charge in [-0.2, -0.15) is 26.3 Å². The third kappa shape index (κ3) is 11.3. The number of ether oxygens (including phenoxy) is 1. The first-order valence-electron chi connectivity index (χ1n) is 9.71. The first kappa shape index (κ1) is 29.9. The van der Waals surface area contributed by atoms with E-state index >= 15 is 0 Å². The molecular weight excluding hydrogens is 552 g/mol. The second kappa shape index (κ2) is 13.1. The van der Waals surface area contributed by atoms with Gasteiger partial charge in [0, 0.05) is 6.92 Å². The second-order valence-electron chi connectivity index (χ2n) is 6.90. The Morgan fingerprint density at radius 1 is 0.914 bits per heavy atom. The third-order valence-corrected chi connectivity index (χ3v) is 5.00. The van der Waals surface area contributed by atoms with E-state index in [1.165, 1.54) is 19.1 Å². The highest BCUT2D eigenvalue weighted by molar-refractivity contribution is 9.09. The summed E-state index contributed by atoms with van der Waals surface area (Å²) >= 11 is 3.06. The molecule has 0 saturated carbocycles. The van der Waals surface area contributed by atoms with Gasteiger partial charge in [0.15, 0.2) is 0 Å². The van der Waals surface area contributed by atoms with Crippen molar-refractivity contribution in [2.75, 3.05) is 13.2 Å². The average Bonchev–Trinajstić information content (AvgIpc) is 2.75. The minimum absolute atomic E-state index is 0.0127. The number of carbonyl (C=O) groups is 3. The Morgan fingerprint density at radius 2 is 1.37 bits per heavy atom. The van der Waals surface area contributed by atoms with Gasteiger partial charge in [-0.1, -0.05) is 40.2 Å². The van der Waals surface area contributed by atoms with Crippen LogP contribution in [-0.2, 0) is 37.9 Å². The number of esters is 1. The molecule has 2 N–H and O–H groups in total. The first-order valence-corrected chi connectivity index (χ1v) is 10.6. The zero-order valence-electron chi connectivity index (χ0n) is 18.0. The summed E-state index contributed by atoms with van der Waals surface area (Å²) in [6.07, 6.45) is -9.06. The molecule has 0 spiro atoms. The summed E-state index contributed by atoms with van der Waals surface area (Å²) in [6, 6.07) is 8.28. The Bertz CT molecular complexity index is 991. The van der Waals surface area contributed by atoms with Gasteiger partial charge in [0.05, 0.1) is 24.1 Å². The molecule has 0 saturated heterocycles. The molecule has 13 heteroatoms. The topological polar surface area (TPSA) is 92.7 Å². The van der Waals surface area contributed by atoms with Crippen LogP contribution in [0.4, 0.5) is 26.3 Å². The molecule has 1 unspecified atom stereocenters. The van der Waals surface area contributed by atoms with Crippen molar-refractivity contribution in [3.8, 4) is 0 Å². The van der Waals surface area contributed by atoms with Crippen molar-refractivity contribution in [1.82, 2.24) is 5.32 Å². The van der Waals surface area contributed by atoms with Crippen molar-refractivity contribution in [2.45, 2.75) is 30.5 Å². The fraction of sp³-hybridized carbons (Fsp3) is 0.318. The minimum atomic E-state index is -4.42. The standard InChI is InChI=1S/C13H13BrF3NO3.C9H7F3O2/c1-8(19)18-6-7-21-12(20)11(14)9-2-4-10(5-3-9)13(15,16)17;10-9(11,12)7-3-1-6(2-4-7)5-8(13)14/h2-5,11H,6-7H2,1H3,(H,18,19);1-4H,5H2,(H,13,14). The fourth-order valence-electron chi connectivity index (χ4n) is 2.42. The number of carboxylic acid groups (broad SMARTS) is 1. The number of benzene rings is 2. The molecule has 2 aromatic rings. The van der Waals surface area contributed by atoms with E-state index in [0.29, 0.717) is 11.1 Å². The van der Waals surface area contributed by atoms with Gasteiger partial charge in [0.1, 0.15) is 11.4 Å². The van der Waals surface area contributed by atoms with Crippen molar-refractivity contribution < 1.29 is 50.6 Å². The molecule has 1 amide bonds. The van der Waals surface area contributed by atoms with Crippen molar-refractivity contribution in [2.24, 2.45) is 0 Å². The van der Waals surface area contributed by atoms with Crippen molar-refractivity contribution >= 4 is 33.8 Å². The van der Waals surface area contributed by atoms with Gasteiger partial charge < -0.3 is 15.2 Å². The number of rotatable bonds is 7. The van der Waals surface area contributed by atoms with Crippen LogP contribution in [0.2, 0.25) is 0 Å². The van der Waals surface area contributed by atoms with Gasteiger partial charge in [0.25, 0.3) is 0 Å². The molecule has 2 aromatic carbocycles. The quantitative estimate of drug-likeness (QED) is 0.207. The van der Waals surface area contributed by atoms with Gasteiger partial charge in [-0.05, 0) is 35.4 Å². The molecule has 0 aliphatic rings. The van der Waals surface area contributed by atoms with Crippen LogP contribution in [0.3, 0.4) is 0 Å². The lowest BCUT2D eigenvalue weighted by molar-refractivity contribution is -0.143. The summed E-state index contributed by atoms with van der Waals surface area (Å²) in [6.45, 7) is 1.49. The maximum atomic E-state index is 12.4. The number of carbonyl (C=O) groups excluding carboxylic acids is 2. The molecule has 1 atom stereocenters. The third-order valence-electron chi connectivity index (χ3n) is 4.09. The molecule has 0 aliphatic heterocycles. The maximum absolute atomic E-state index is 12.4. The molecule has 35 heavy (non-hydrogen) atoms. The van der Waals surface area contributed by atoms with Crippen LogP contribution in [0.5, 0.6) is 0 Å². The Kier molecular flexibility index (Phi) is 11.2. The van der Waals surface area contributed by atoms with E-state index in [1.54, 1.807) is 0 Å². The Balaban J connectivity index is 0.000000379. The SMILES string of the molecule is CC(=O)NCCOC(=O)C(Br)c1ccc(C(F)(F)F)cc1.O=C(O)Cc1ccc(C(F)(F)F)cc1. The number of nitrogens with one attached hydrogen (secondary N) is 1. The van der Waals surface area contributed by atoms with Crippen LogP contribution in [-0.4, -0.2) is 36.1 Å². The monoisotopic (exact) mass is 571 g/mol. The van der Waals surface area contributed by atoms with Gasteiger partial charge in [-0.15, -0.1) is 0 Å². The summed E-state index contributed by atoms with van der Waals surface area (Å²) in [5, 5.41) is 10.8. The highest BCUT2D eigenvalue weighted by Gasteiger charge is 2.31. The van der Waals surface area contributed by atoms with Gasteiger partial charge in [-0.3, -0.25) is 14.4 Å². The Morgan fingerprint density at radius 3 is 1.77 bits per heavy atom. The summed E-state index contributed by atoms with van der Waals surface area (Å²) in [7, 11) is 0. The average molecular weight is 572 g/mol.